The molecule has 0 saturated heterocycles. The third kappa shape index (κ3) is 9.51. The topological polar surface area (TPSA) is 38.7 Å². The molecule has 424 valence electrons. The van der Waals surface area contributed by atoms with E-state index in [9.17, 15) is 0 Å². The fourth-order valence-corrected chi connectivity index (χ4v) is 14.2. The van der Waals surface area contributed by atoms with Gasteiger partial charge in [0.05, 0.1) is 5.41 Å². The van der Waals surface area contributed by atoms with Crippen LogP contribution < -0.4 is 0 Å². The Bertz CT molecular complexity index is 5230. The summed E-state index contributed by atoms with van der Waals surface area (Å²) in [7, 11) is 0. The van der Waals surface area contributed by atoms with Crippen LogP contribution in [0.1, 0.15) is 22.3 Å². The van der Waals surface area contributed by atoms with E-state index in [4.69, 9.17) is 15.0 Å². The standard InChI is InChI=1S/C88H57N3/c1-3-20-58(21-4-1)62-24-13-27-65(50-62)66-28-15-26-64(52-66)60-44-46-61(47-45-60)85-89-86(75-36-18-34-72(55-75)67-29-14-25-63(51-67)59-22-5-2-6-23-59)91-87(90-85)76-37-19-35-73(56-76)70-32-16-30-68(53-70)69-31-17-33-71(54-69)74-48-49-80-79-40-9-12-43-83(79)88(84(80)57-74)81-41-10-7-38-77(81)78-39-8-11-42-82(78)88/h1-57H. The highest BCUT2D eigenvalue weighted by molar-refractivity contribution is 5.96. The molecule has 0 radical (unpaired) electrons. The fraction of sp³-hybridized carbons (Fsp3) is 0.0114. The summed E-state index contributed by atoms with van der Waals surface area (Å²) in [5, 5.41) is 0. The SMILES string of the molecule is c1ccc(-c2cccc(-c3cccc(-c4ccc(-c5nc(-c6cccc(-c7cccc(-c8ccccc8)c7)c6)nc(-c6cccc(-c7cccc(-c8cccc(-c9ccc%10c(c9)C9(c%11ccccc%11-c%11ccccc%119)c9ccccc9-%10)c8)c7)c6)n5)cc4)c3)c2)cc1. The molecule has 1 heterocycles. The Morgan fingerprint density at radius 3 is 0.714 bits per heavy atom. The molecule has 0 unspecified atom stereocenters. The van der Waals surface area contributed by atoms with E-state index >= 15 is 0 Å². The van der Waals surface area contributed by atoms with Gasteiger partial charge < -0.3 is 0 Å². The highest BCUT2D eigenvalue weighted by Gasteiger charge is 2.51. The van der Waals surface area contributed by atoms with Gasteiger partial charge in [-0.25, -0.2) is 15.0 Å². The summed E-state index contributed by atoms with van der Waals surface area (Å²) >= 11 is 0. The smallest absolute Gasteiger partial charge is 0.164 e. The summed E-state index contributed by atoms with van der Waals surface area (Å²) < 4.78 is 0. The minimum Gasteiger partial charge on any atom is -0.208 e. The number of hydrogen-bond donors (Lipinski definition) is 0. The van der Waals surface area contributed by atoms with Gasteiger partial charge in [-0.05, 0) is 182 Å². The Morgan fingerprint density at radius 2 is 0.363 bits per heavy atom. The van der Waals surface area contributed by atoms with E-state index in [2.05, 4.69) is 346 Å². The lowest BCUT2D eigenvalue weighted by Crippen LogP contribution is -2.25. The molecule has 17 rings (SSSR count). The van der Waals surface area contributed by atoms with E-state index in [0.717, 1.165) is 72.3 Å². The number of hydrogen-bond acceptors (Lipinski definition) is 3. The molecule has 0 amide bonds. The predicted molar refractivity (Wildman–Crippen MR) is 376 cm³/mol. The molecule has 1 spiro atoms. The lowest BCUT2D eigenvalue weighted by atomic mass is 9.70. The van der Waals surface area contributed by atoms with Gasteiger partial charge in [0.15, 0.2) is 17.5 Å². The zero-order chi connectivity index (χ0) is 60.2. The van der Waals surface area contributed by atoms with Crippen molar-refractivity contribution in [2.45, 2.75) is 5.41 Å². The molecule has 0 aliphatic heterocycles. The van der Waals surface area contributed by atoms with E-state index in [1.54, 1.807) is 0 Å². The zero-order valence-corrected chi connectivity index (χ0v) is 49.8. The molecule has 2 aliphatic carbocycles. The molecule has 0 fully saturated rings. The fourth-order valence-electron chi connectivity index (χ4n) is 14.2. The Labute approximate surface area is 530 Å². The number of benzene rings is 14. The first-order chi connectivity index (χ1) is 45.1. The van der Waals surface area contributed by atoms with Crippen LogP contribution in [0, 0.1) is 0 Å². The third-order valence-electron chi connectivity index (χ3n) is 18.5. The van der Waals surface area contributed by atoms with Crippen LogP contribution in [0.4, 0.5) is 0 Å². The third-order valence-corrected chi connectivity index (χ3v) is 18.5. The molecule has 0 saturated carbocycles. The second kappa shape index (κ2) is 22.4. The Balaban J connectivity index is 0.714. The number of rotatable bonds is 11. The molecule has 3 heteroatoms. The molecule has 91 heavy (non-hydrogen) atoms. The number of aromatic nitrogens is 3. The monoisotopic (exact) mass is 1160 g/mol. The molecule has 0 N–H and O–H groups in total. The second-order valence-electron chi connectivity index (χ2n) is 23.8. The molecule has 1 aromatic heterocycles. The van der Waals surface area contributed by atoms with E-state index in [0.29, 0.717) is 17.5 Å². The maximum absolute atomic E-state index is 5.32. The molecule has 3 nitrogen and oxygen atoms in total. The van der Waals surface area contributed by atoms with Crippen LogP contribution in [0.3, 0.4) is 0 Å². The molecule has 0 atom stereocenters. The van der Waals surface area contributed by atoms with Crippen LogP contribution >= 0.6 is 0 Å². The number of nitrogens with zero attached hydrogens (tertiary/aromatic N) is 3. The van der Waals surface area contributed by atoms with Gasteiger partial charge in [0.2, 0.25) is 0 Å². The van der Waals surface area contributed by atoms with Gasteiger partial charge >= 0.3 is 0 Å². The molecular weight excluding hydrogens is 1100 g/mol. The van der Waals surface area contributed by atoms with Gasteiger partial charge in [-0.15, -0.1) is 0 Å². The van der Waals surface area contributed by atoms with Gasteiger partial charge in [0.25, 0.3) is 0 Å². The van der Waals surface area contributed by atoms with Gasteiger partial charge in [-0.1, -0.05) is 297 Å². The largest absolute Gasteiger partial charge is 0.208 e. The summed E-state index contributed by atoms with van der Waals surface area (Å²) in [4.78, 5) is 15.9. The molecule has 14 aromatic carbocycles. The highest BCUT2D eigenvalue weighted by atomic mass is 15.0. The summed E-state index contributed by atoms with van der Waals surface area (Å²) in [6.45, 7) is 0. The van der Waals surface area contributed by atoms with Gasteiger partial charge in [0, 0.05) is 16.7 Å². The highest BCUT2D eigenvalue weighted by Crippen LogP contribution is 2.63. The van der Waals surface area contributed by atoms with Crippen molar-refractivity contribution >= 4 is 0 Å². The number of fused-ring (bicyclic) bond motifs is 10. The molecule has 2 aliphatic rings. The van der Waals surface area contributed by atoms with Crippen molar-refractivity contribution in [3.8, 4) is 145 Å². The lowest BCUT2D eigenvalue weighted by molar-refractivity contribution is 0.794. The minimum absolute atomic E-state index is 0.404. The Morgan fingerprint density at radius 1 is 0.143 bits per heavy atom. The van der Waals surface area contributed by atoms with Crippen LogP contribution in [0.2, 0.25) is 0 Å². The normalized spacial score (nSPS) is 12.3. The van der Waals surface area contributed by atoms with E-state index in [1.165, 1.54) is 77.9 Å². The first kappa shape index (κ1) is 53.3. The van der Waals surface area contributed by atoms with E-state index in [1.807, 2.05) is 0 Å². The maximum Gasteiger partial charge on any atom is 0.164 e. The molecular formula is C88H57N3. The van der Waals surface area contributed by atoms with Crippen molar-refractivity contribution in [1.29, 1.82) is 0 Å². The summed E-state index contributed by atoms with van der Waals surface area (Å²) in [5.41, 5.74) is 31.3. The Kier molecular flexibility index (Phi) is 13.1. The van der Waals surface area contributed by atoms with Crippen LogP contribution in [0.15, 0.2) is 346 Å². The van der Waals surface area contributed by atoms with Crippen LogP contribution in [-0.2, 0) is 5.41 Å². The quantitative estimate of drug-likeness (QED) is 0.130. The average Bonchev–Trinajstić information content (AvgIpc) is 1.52. The summed E-state index contributed by atoms with van der Waals surface area (Å²) in [6, 6.07) is 125. The van der Waals surface area contributed by atoms with Crippen molar-refractivity contribution in [2.75, 3.05) is 0 Å². The van der Waals surface area contributed by atoms with Gasteiger partial charge in [0.1, 0.15) is 0 Å². The van der Waals surface area contributed by atoms with Crippen molar-refractivity contribution in [1.82, 2.24) is 15.0 Å². The molecule has 15 aromatic rings. The van der Waals surface area contributed by atoms with Crippen molar-refractivity contribution in [2.24, 2.45) is 0 Å². The second-order valence-corrected chi connectivity index (χ2v) is 23.8. The first-order valence-electron chi connectivity index (χ1n) is 31.2. The maximum atomic E-state index is 5.32. The van der Waals surface area contributed by atoms with Crippen LogP contribution in [-0.4, -0.2) is 15.0 Å². The van der Waals surface area contributed by atoms with Crippen molar-refractivity contribution < 1.29 is 0 Å². The predicted octanol–water partition coefficient (Wildman–Crippen LogP) is 22.6. The van der Waals surface area contributed by atoms with Crippen LogP contribution in [0.5, 0.6) is 0 Å². The average molecular weight is 1160 g/mol. The summed E-state index contributed by atoms with van der Waals surface area (Å²) in [5.74, 6) is 1.80. The van der Waals surface area contributed by atoms with Crippen LogP contribution in [0.25, 0.3) is 145 Å². The van der Waals surface area contributed by atoms with Crippen molar-refractivity contribution in [3.63, 3.8) is 0 Å². The van der Waals surface area contributed by atoms with Crippen molar-refractivity contribution in [3.05, 3.63) is 368 Å². The summed E-state index contributed by atoms with van der Waals surface area (Å²) in [6.07, 6.45) is 0. The van der Waals surface area contributed by atoms with Gasteiger partial charge in [-0.2, -0.15) is 0 Å². The lowest BCUT2D eigenvalue weighted by Gasteiger charge is -2.30. The van der Waals surface area contributed by atoms with Gasteiger partial charge in [-0.3, -0.25) is 0 Å². The first-order valence-corrected chi connectivity index (χ1v) is 31.2. The minimum atomic E-state index is -0.404. The molecule has 0 bridgehead atoms. The van der Waals surface area contributed by atoms with E-state index in [-0.39, 0.29) is 0 Å². The zero-order valence-electron chi connectivity index (χ0n) is 49.8. The Hall–Kier alpha value is -11.9. The van der Waals surface area contributed by atoms with E-state index < -0.39 is 5.41 Å².